The highest BCUT2D eigenvalue weighted by atomic mass is 19.2. The van der Waals surface area contributed by atoms with E-state index in [4.69, 9.17) is 5.11 Å². The van der Waals surface area contributed by atoms with Gasteiger partial charge in [-0.1, -0.05) is 6.07 Å². The smallest absolute Gasteiger partial charge is 0.331 e. The second-order valence-electron chi connectivity index (χ2n) is 7.24. The van der Waals surface area contributed by atoms with Crippen LogP contribution in [0.1, 0.15) is 31.0 Å². The number of carboxylic acid groups (broad SMARTS) is 1. The molecular weight excluding hydrogens is 378 g/mol. The Hall–Kier alpha value is -2.87. The van der Waals surface area contributed by atoms with E-state index in [-0.39, 0.29) is 11.6 Å². The first-order valence-electron chi connectivity index (χ1n) is 9.57. The predicted molar refractivity (Wildman–Crippen MR) is 106 cm³/mol. The number of hydrogen-bond donors (Lipinski definition) is 2. The fraction of sp³-hybridized carbons (Fsp3) is 0.381. The van der Waals surface area contributed by atoms with Crippen LogP contribution in [-0.4, -0.2) is 51.6 Å². The summed E-state index contributed by atoms with van der Waals surface area (Å²) >= 11 is 0. The molecule has 0 spiro atoms. The van der Waals surface area contributed by atoms with Crippen molar-refractivity contribution in [3.05, 3.63) is 59.1 Å². The zero-order chi connectivity index (χ0) is 20.8. The molecular formula is C21H24F2N4O2. The SMILES string of the molecule is CC(=Cc1cnc(N[C@@H]2CCCN(CCc3ccc(F)c(F)c3)C2)cn1)C(=O)O. The van der Waals surface area contributed by atoms with E-state index in [0.717, 1.165) is 38.0 Å². The number of anilines is 1. The Morgan fingerprint density at radius 3 is 2.83 bits per heavy atom. The van der Waals surface area contributed by atoms with Gasteiger partial charge >= 0.3 is 5.97 Å². The number of nitrogens with zero attached hydrogens (tertiary/aromatic N) is 3. The van der Waals surface area contributed by atoms with Crippen LogP contribution in [0, 0.1) is 11.6 Å². The number of benzene rings is 1. The molecule has 0 radical (unpaired) electrons. The van der Waals surface area contributed by atoms with Gasteiger partial charge in [-0.15, -0.1) is 0 Å². The molecule has 0 aliphatic carbocycles. The molecule has 3 rings (SSSR count). The number of hydrogen-bond acceptors (Lipinski definition) is 5. The number of likely N-dealkylation sites (tertiary alicyclic amines) is 1. The monoisotopic (exact) mass is 402 g/mol. The summed E-state index contributed by atoms with van der Waals surface area (Å²) in [5.41, 5.74) is 1.47. The van der Waals surface area contributed by atoms with Crippen molar-refractivity contribution in [3.8, 4) is 0 Å². The standard InChI is InChI=1S/C21H24F2N4O2/c1-14(21(28)29)9-17-11-25-20(12-24-17)26-16-3-2-7-27(13-16)8-6-15-4-5-18(22)19(23)10-15/h4-5,9-12,16H,2-3,6-8,13H2,1H3,(H,25,26)(H,28,29)/t16-/m1/s1. The van der Waals surface area contributed by atoms with Crippen LogP contribution in [-0.2, 0) is 11.2 Å². The minimum atomic E-state index is -0.986. The second kappa shape index (κ2) is 9.56. The van der Waals surface area contributed by atoms with Gasteiger partial charge in [0.2, 0.25) is 0 Å². The fourth-order valence-electron chi connectivity index (χ4n) is 3.34. The Kier molecular flexibility index (Phi) is 6.87. The minimum Gasteiger partial charge on any atom is -0.478 e. The Balaban J connectivity index is 1.52. The summed E-state index contributed by atoms with van der Waals surface area (Å²) in [6.07, 6.45) is 7.30. The first-order chi connectivity index (χ1) is 13.9. The summed E-state index contributed by atoms with van der Waals surface area (Å²) in [6, 6.07) is 4.26. The maximum absolute atomic E-state index is 13.3. The molecule has 2 N–H and O–H groups in total. The molecule has 1 fully saturated rings. The van der Waals surface area contributed by atoms with Crippen LogP contribution < -0.4 is 5.32 Å². The number of carbonyl (C=O) groups is 1. The summed E-state index contributed by atoms with van der Waals surface area (Å²) in [4.78, 5) is 21.7. The van der Waals surface area contributed by atoms with E-state index in [1.807, 2.05) is 0 Å². The zero-order valence-corrected chi connectivity index (χ0v) is 16.2. The maximum Gasteiger partial charge on any atom is 0.331 e. The van der Waals surface area contributed by atoms with E-state index in [1.54, 1.807) is 18.5 Å². The van der Waals surface area contributed by atoms with Gasteiger partial charge in [-0.05, 0) is 56.5 Å². The third kappa shape index (κ3) is 6.05. The van der Waals surface area contributed by atoms with E-state index < -0.39 is 17.6 Å². The van der Waals surface area contributed by atoms with Crippen molar-refractivity contribution in [2.45, 2.75) is 32.2 Å². The lowest BCUT2D eigenvalue weighted by atomic mass is 10.0. The highest BCUT2D eigenvalue weighted by molar-refractivity contribution is 5.91. The molecule has 0 bridgehead atoms. The van der Waals surface area contributed by atoms with Crippen molar-refractivity contribution in [2.24, 2.45) is 0 Å². The topological polar surface area (TPSA) is 78.4 Å². The fourth-order valence-corrected chi connectivity index (χ4v) is 3.34. The molecule has 29 heavy (non-hydrogen) atoms. The van der Waals surface area contributed by atoms with Crippen LogP contribution in [0.4, 0.5) is 14.6 Å². The van der Waals surface area contributed by atoms with E-state index >= 15 is 0 Å². The summed E-state index contributed by atoms with van der Waals surface area (Å²) in [7, 11) is 0. The Bertz CT molecular complexity index is 887. The molecule has 0 saturated carbocycles. The van der Waals surface area contributed by atoms with Crippen molar-refractivity contribution in [2.75, 3.05) is 25.0 Å². The van der Waals surface area contributed by atoms with Gasteiger partial charge in [0.15, 0.2) is 11.6 Å². The van der Waals surface area contributed by atoms with Crippen LogP contribution in [0.2, 0.25) is 0 Å². The van der Waals surface area contributed by atoms with Gasteiger partial charge in [0.25, 0.3) is 0 Å². The first kappa shape index (κ1) is 20.9. The zero-order valence-electron chi connectivity index (χ0n) is 16.2. The number of nitrogens with one attached hydrogen (secondary N) is 1. The highest BCUT2D eigenvalue weighted by Crippen LogP contribution is 2.16. The van der Waals surface area contributed by atoms with Crippen molar-refractivity contribution in [1.82, 2.24) is 14.9 Å². The average molecular weight is 402 g/mol. The largest absolute Gasteiger partial charge is 0.478 e. The van der Waals surface area contributed by atoms with Gasteiger partial charge < -0.3 is 15.3 Å². The van der Waals surface area contributed by atoms with Crippen LogP contribution in [0.25, 0.3) is 6.08 Å². The normalized spacial score (nSPS) is 17.9. The number of aromatic nitrogens is 2. The van der Waals surface area contributed by atoms with Crippen LogP contribution in [0.5, 0.6) is 0 Å². The molecule has 2 heterocycles. The van der Waals surface area contributed by atoms with Gasteiger partial charge in [0, 0.05) is 24.7 Å². The average Bonchev–Trinajstić information content (AvgIpc) is 2.70. The van der Waals surface area contributed by atoms with Crippen molar-refractivity contribution in [3.63, 3.8) is 0 Å². The Morgan fingerprint density at radius 2 is 2.14 bits per heavy atom. The van der Waals surface area contributed by atoms with E-state index in [9.17, 15) is 13.6 Å². The maximum atomic E-state index is 13.3. The summed E-state index contributed by atoms with van der Waals surface area (Å²) < 4.78 is 26.4. The second-order valence-corrected chi connectivity index (χ2v) is 7.24. The van der Waals surface area contributed by atoms with Crippen LogP contribution in [0.15, 0.2) is 36.2 Å². The van der Waals surface area contributed by atoms with Crippen molar-refractivity contribution >= 4 is 17.9 Å². The van der Waals surface area contributed by atoms with Gasteiger partial charge in [0.05, 0.1) is 18.1 Å². The molecule has 1 aromatic heterocycles. The van der Waals surface area contributed by atoms with Gasteiger partial charge in [-0.25, -0.2) is 18.6 Å². The van der Waals surface area contributed by atoms with Gasteiger partial charge in [-0.2, -0.15) is 0 Å². The highest BCUT2D eigenvalue weighted by Gasteiger charge is 2.20. The van der Waals surface area contributed by atoms with E-state index in [1.165, 1.54) is 25.1 Å². The molecule has 1 atom stereocenters. The molecule has 0 unspecified atom stereocenters. The molecule has 0 amide bonds. The lowest BCUT2D eigenvalue weighted by Gasteiger charge is -2.33. The van der Waals surface area contributed by atoms with Crippen molar-refractivity contribution in [1.29, 1.82) is 0 Å². The van der Waals surface area contributed by atoms with Gasteiger partial charge in [-0.3, -0.25) is 4.98 Å². The molecule has 1 aliphatic heterocycles. The van der Waals surface area contributed by atoms with Crippen LogP contribution >= 0.6 is 0 Å². The Labute approximate surface area is 168 Å². The third-order valence-corrected chi connectivity index (χ3v) is 4.93. The van der Waals surface area contributed by atoms with Crippen LogP contribution in [0.3, 0.4) is 0 Å². The number of rotatable bonds is 7. The third-order valence-electron chi connectivity index (χ3n) is 4.93. The number of piperidine rings is 1. The molecule has 8 heteroatoms. The van der Waals surface area contributed by atoms with Crippen molar-refractivity contribution < 1.29 is 18.7 Å². The first-order valence-corrected chi connectivity index (χ1v) is 9.57. The number of aliphatic carboxylic acids is 1. The molecule has 6 nitrogen and oxygen atoms in total. The number of halogens is 2. The lowest BCUT2D eigenvalue weighted by Crippen LogP contribution is -2.43. The quantitative estimate of drug-likeness (QED) is 0.692. The number of carboxylic acids is 1. The van der Waals surface area contributed by atoms with Gasteiger partial charge in [0.1, 0.15) is 5.82 Å². The molecule has 1 saturated heterocycles. The summed E-state index contributed by atoms with van der Waals surface area (Å²) in [5, 5.41) is 12.3. The Morgan fingerprint density at radius 1 is 1.31 bits per heavy atom. The molecule has 2 aromatic rings. The summed E-state index contributed by atoms with van der Waals surface area (Å²) in [5.74, 6) is -1.98. The summed E-state index contributed by atoms with van der Waals surface area (Å²) in [6.45, 7) is 4.07. The molecule has 1 aliphatic rings. The van der Waals surface area contributed by atoms with E-state index in [0.29, 0.717) is 17.9 Å². The lowest BCUT2D eigenvalue weighted by molar-refractivity contribution is -0.132. The van der Waals surface area contributed by atoms with E-state index in [2.05, 4.69) is 20.2 Å². The molecule has 1 aromatic carbocycles. The predicted octanol–water partition coefficient (Wildman–Crippen LogP) is 3.36. The minimum absolute atomic E-state index is 0.198. The molecule has 154 valence electrons.